The molecule has 0 aliphatic heterocycles. The third-order valence-electron chi connectivity index (χ3n) is 1.36. The number of rotatable bonds is 4. The second-order valence-electron chi connectivity index (χ2n) is 4.07. The summed E-state index contributed by atoms with van der Waals surface area (Å²) < 4.78 is 77.2. The van der Waals surface area contributed by atoms with E-state index in [4.69, 9.17) is 0 Å². The molecule has 0 rings (SSSR count). The Kier molecular flexibility index (Phi) is 4.25. The standard InChI is InChI=1S/C7H12F6OSi/c1-15(2,3)14-4-6(9,10)5(8)7(11,12)13/h5H,4H2,1-3H3. The number of halogens is 6. The Labute approximate surface area is 84.5 Å². The lowest BCUT2D eigenvalue weighted by atomic mass is 10.2. The second kappa shape index (κ2) is 4.32. The summed E-state index contributed by atoms with van der Waals surface area (Å²) >= 11 is 0. The van der Waals surface area contributed by atoms with Crippen molar-refractivity contribution in [2.75, 3.05) is 6.61 Å². The van der Waals surface area contributed by atoms with Crippen LogP contribution in [0.5, 0.6) is 0 Å². The molecule has 0 spiro atoms. The summed E-state index contributed by atoms with van der Waals surface area (Å²) in [5, 5.41) is 0. The van der Waals surface area contributed by atoms with Crippen molar-refractivity contribution in [3.05, 3.63) is 0 Å². The highest BCUT2D eigenvalue weighted by Gasteiger charge is 2.57. The zero-order valence-electron chi connectivity index (χ0n) is 8.46. The van der Waals surface area contributed by atoms with Crippen LogP contribution in [0.1, 0.15) is 0 Å². The Morgan fingerprint density at radius 3 is 1.73 bits per heavy atom. The lowest BCUT2D eigenvalue weighted by Gasteiger charge is -2.26. The van der Waals surface area contributed by atoms with Crippen molar-refractivity contribution >= 4 is 8.32 Å². The van der Waals surface area contributed by atoms with Crippen LogP contribution in [0.25, 0.3) is 0 Å². The first-order chi connectivity index (χ1) is 6.36. The van der Waals surface area contributed by atoms with E-state index < -0.39 is 33.2 Å². The van der Waals surface area contributed by atoms with E-state index in [-0.39, 0.29) is 0 Å². The minimum Gasteiger partial charge on any atom is -0.411 e. The maximum atomic E-state index is 12.6. The van der Waals surface area contributed by atoms with Crippen LogP contribution in [0, 0.1) is 0 Å². The molecule has 0 heterocycles. The number of hydrogen-bond donors (Lipinski definition) is 0. The predicted octanol–water partition coefficient (Wildman–Crippen LogP) is 3.37. The van der Waals surface area contributed by atoms with E-state index in [9.17, 15) is 26.3 Å². The monoisotopic (exact) mass is 254 g/mol. The van der Waals surface area contributed by atoms with Crippen LogP contribution in [0.15, 0.2) is 0 Å². The molecule has 0 fully saturated rings. The highest BCUT2D eigenvalue weighted by Crippen LogP contribution is 2.35. The zero-order chi connectivity index (χ0) is 12.5. The van der Waals surface area contributed by atoms with Gasteiger partial charge in [0.05, 0.1) is 0 Å². The number of alkyl halides is 6. The summed E-state index contributed by atoms with van der Waals surface area (Å²) in [7, 11) is -2.39. The third-order valence-corrected chi connectivity index (χ3v) is 2.37. The van der Waals surface area contributed by atoms with Gasteiger partial charge in [-0.05, 0) is 19.6 Å². The Morgan fingerprint density at radius 2 is 1.47 bits per heavy atom. The van der Waals surface area contributed by atoms with Crippen LogP contribution in [0.2, 0.25) is 19.6 Å². The first-order valence-electron chi connectivity index (χ1n) is 4.09. The van der Waals surface area contributed by atoms with Gasteiger partial charge in [0.2, 0.25) is 0 Å². The summed E-state index contributed by atoms with van der Waals surface area (Å²) in [6, 6.07) is 0. The average molecular weight is 254 g/mol. The first-order valence-corrected chi connectivity index (χ1v) is 7.50. The fraction of sp³-hybridized carbons (Fsp3) is 1.00. The average Bonchev–Trinajstić information content (AvgIpc) is 1.97. The van der Waals surface area contributed by atoms with Gasteiger partial charge in [-0.15, -0.1) is 0 Å². The van der Waals surface area contributed by atoms with E-state index in [2.05, 4.69) is 4.43 Å². The summed E-state index contributed by atoms with van der Waals surface area (Å²) in [5.41, 5.74) is 0. The van der Waals surface area contributed by atoms with E-state index in [0.717, 1.165) is 0 Å². The molecular weight excluding hydrogens is 242 g/mol. The smallest absolute Gasteiger partial charge is 0.411 e. The quantitative estimate of drug-likeness (QED) is 0.552. The molecule has 0 bridgehead atoms. The fourth-order valence-corrected chi connectivity index (χ4v) is 1.25. The minimum atomic E-state index is -5.56. The van der Waals surface area contributed by atoms with Gasteiger partial charge in [-0.2, -0.15) is 13.2 Å². The maximum Gasteiger partial charge on any atom is 0.425 e. The van der Waals surface area contributed by atoms with Crippen LogP contribution in [0.3, 0.4) is 0 Å². The minimum absolute atomic E-state index is 1.52. The summed E-state index contributed by atoms with van der Waals surface area (Å²) in [6.45, 7) is 3.01. The molecule has 15 heavy (non-hydrogen) atoms. The van der Waals surface area contributed by atoms with Crippen molar-refractivity contribution in [1.82, 2.24) is 0 Å². The molecule has 0 N–H and O–H groups in total. The van der Waals surface area contributed by atoms with Crippen molar-refractivity contribution in [1.29, 1.82) is 0 Å². The van der Waals surface area contributed by atoms with Gasteiger partial charge in [-0.3, -0.25) is 0 Å². The molecule has 0 aromatic rings. The molecule has 92 valence electrons. The van der Waals surface area contributed by atoms with Crippen LogP contribution < -0.4 is 0 Å². The van der Waals surface area contributed by atoms with Gasteiger partial charge >= 0.3 is 12.1 Å². The van der Waals surface area contributed by atoms with Gasteiger partial charge in [0.1, 0.15) is 6.61 Å². The summed E-state index contributed by atoms with van der Waals surface area (Å²) in [6.07, 6.45) is -9.74. The zero-order valence-corrected chi connectivity index (χ0v) is 9.46. The maximum absolute atomic E-state index is 12.6. The molecule has 0 radical (unpaired) electrons. The molecule has 0 saturated carbocycles. The van der Waals surface area contributed by atoms with Gasteiger partial charge in [0.25, 0.3) is 6.17 Å². The molecule has 0 saturated heterocycles. The van der Waals surface area contributed by atoms with Gasteiger partial charge in [-0.25, -0.2) is 13.2 Å². The number of hydrogen-bond acceptors (Lipinski definition) is 1. The molecule has 0 aromatic carbocycles. The molecule has 1 unspecified atom stereocenters. The highest BCUT2D eigenvalue weighted by molar-refractivity contribution is 6.69. The second-order valence-corrected chi connectivity index (χ2v) is 8.58. The lowest BCUT2D eigenvalue weighted by Crippen LogP contribution is -2.46. The van der Waals surface area contributed by atoms with Crippen molar-refractivity contribution in [2.24, 2.45) is 0 Å². The van der Waals surface area contributed by atoms with E-state index >= 15 is 0 Å². The molecule has 1 atom stereocenters. The van der Waals surface area contributed by atoms with Crippen LogP contribution in [-0.2, 0) is 4.43 Å². The third kappa shape index (κ3) is 5.40. The normalized spacial score (nSPS) is 16.6. The summed E-state index contributed by atoms with van der Waals surface area (Å²) in [4.78, 5) is 0. The van der Waals surface area contributed by atoms with E-state index in [1.807, 2.05) is 0 Å². The van der Waals surface area contributed by atoms with Gasteiger partial charge in [-0.1, -0.05) is 0 Å². The Balaban J connectivity index is 4.43. The predicted molar refractivity (Wildman–Crippen MR) is 45.2 cm³/mol. The summed E-state index contributed by atoms with van der Waals surface area (Å²) in [5.74, 6) is -4.53. The first kappa shape index (κ1) is 14.8. The van der Waals surface area contributed by atoms with Crippen molar-refractivity contribution in [3.8, 4) is 0 Å². The largest absolute Gasteiger partial charge is 0.425 e. The molecular formula is C7H12F6OSi. The topological polar surface area (TPSA) is 9.23 Å². The Bertz CT molecular complexity index is 209. The van der Waals surface area contributed by atoms with Crippen LogP contribution >= 0.6 is 0 Å². The molecule has 0 amide bonds. The Hall–Kier alpha value is -0.243. The molecule has 0 aliphatic carbocycles. The highest BCUT2D eigenvalue weighted by atomic mass is 28.4. The SMILES string of the molecule is C[Si](C)(C)OCC(F)(F)C(F)C(F)(F)F. The molecule has 0 aliphatic rings. The van der Waals surface area contributed by atoms with Gasteiger partial charge in [0, 0.05) is 0 Å². The van der Waals surface area contributed by atoms with Gasteiger partial charge in [0.15, 0.2) is 8.32 Å². The lowest BCUT2D eigenvalue weighted by molar-refractivity contribution is -0.250. The van der Waals surface area contributed by atoms with E-state index in [0.29, 0.717) is 0 Å². The fourth-order valence-electron chi connectivity index (χ4n) is 0.625. The van der Waals surface area contributed by atoms with Crippen LogP contribution in [0.4, 0.5) is 26.3 Å². The van der Waals surface area contributed by atoms with Crippen molar-refractivity contribution < 1.29 is 30.8 Å². The molecule has 1 nitrogen and oxygen atoms in total. The van der Waals surface area contributed by atoms with E-state index in [1.54, 1.807) is 0 Å². The van der Waals surface area contributed by atoms with Crippen molar-refractivity contribution in [2.45, 2.75) is 37.9 Å². The van der Waals surface area contributed by atoms with E-state index in [1.165, 1.54) is 19.6 Å². The molecule has 8 heteroatoms. The van der Waals surface area contributed by atoms with Gasteiger partial charge < -0.3 is 4.43 Å². The Morgan fingerprint density at radius 1 is 1.07 bits per heavy atom. The molecule has 0 aromatic heterocycles. The van der Waals surface area contributed by atoms with Crippen LogP contribution in [-0.4, -0.2) is 33.2 Å². The van der Waals surface area contributed by atoms with Crippen molar-refractivity contribution in [3.63, 3.8) is 0 Å².